The molecule has 0 aliphatic carbocycles. The van der Waals surface area contributed by atoms with Crippen LogP contribution in [0, 0.1) is 11.3 Å². The second-order valence-electron chi connectivity index (χ2n) is 5.05. The SMILES string of the molecule is COc1ccc(/C(C#N)=C/c2cccc(NC(C)=O)c2)cc1OC. The first-order chi connectivity index (χ1) is 11.6. The number of ether oxygens (including phenoxy) is 2. The number of nitriles is 1. The number of nitrogens with one attached hydrogen (secondary N) is 1. The van der Waals surface area contributed by atoms with Crippen molar-refractivity contribution >= 4 is 23.2 Å². The number of carbonyl (C=O) groups excluding carboxylic acids is 1. The molecule has 122 valence electrons. The Bertz CT molecular complexity index is 820. The summed E-state index contributed by atoms with van der Waals surface area (Å²) in [5, 5.41) is 12.2. The third-order valence-electron chi connectivity index (χ3n) is 3.33. The van der Waals surface area contributed by atoms with Crippen molar-refractivity contribution in [3.05, 3.63) is 53.6 Å². The van der Waals surface area contributed by atoms with E-state index >= 15 is 0 Å². The predicted octanol–water partition coefficient (Wildman–Crippen LogP) is 3.73. The summed E-state index contributed by atoms with van der Waals surface area (Å²) >= 11 is 0. The lowest BCUT2D eigenvalue weighted by atomic mass is 10.0. The van der Waals surface area contributed by atoms with Crippen molar-refractivity contribution in [1.82, 2.24) is 0 Å². The maximum Gasteiger partial charge on any atom is 0.221 e. The summed E-state index contributed by atoms with van der Waals surface area (Å²) in [6.45, 7) is 1.45. The molecule has 1 amide bonds. The number of anilines is 1. The minimum atomic E-state index is -0.142. The summed E-state index contributed by atoms with van der Waals surface area (Å²) in [7, 11) is 3.11. The van der Waals surface area contributed by atoms with Gasteiger partial charge in [-0.15, -0.1) is 0 Å². The maximum atomic E-state index is 11.2. The van der Waals surface area contributed by atoms with Crippen LogP contribution in [0.25, 0.3) is 11.6 Å². The molecule has 0 fully saturated rings. The summed E-state index contributed by atoms with van der Waals surface area (Å²) in [6, 6.07) is 14.8. The van der Waals surface area contributed by atoms with Gasteiger partial charge in [0.15, 0.2) is 11.5 Å². The highest BCUT2D eigenvalue weighted by Gasteiger charge is 2.08. The topological polar surface area (TPSA) is 71.3 Å². The lowest BCUT2D eigenvalue weighted by Crippen LogP contribution is -2.05. The molecule has 0 aliphatic heterocycles. The first kappa shape index (κ1) is 17.1. The van der Waals surface area contributed by atoms with Crippen molar-refractivity contribution in [2.75, 3.05) is 19.5 Å². The quantitative estimate of drug-likeness (QED) is 0.672. The van der Waals surface area contributed by atoms with Crippen LogP contribution in [0.15, 0.2) is 42.5 Å². The first-order valence-corrected chi connectivity index (χ1v) is 7.29. The molecule has 24 heavy (non-hydrogen) atoms. The number of hydrogen-bond donors (Lipinski definition) is 1. The Morgan fingerprint density at radius 2 is 1.88 bits per heavy atom. The van der Waals surface area contributed by atoms with Gasteiger partial charge in [0.25, 0.3) is 0 Å². The summed E-state index contributed by atoms with van der Waals surface area (Å²) in [5.74, 6) is 1.02. The van der Waals surface area contributed by atoms with E-state index < -0.39 is 0 Å². The van der Waals surface area contributed by atoms with E-state index in [9.17, 15) is 10.1 Å². The largest absolute Gasteiger partial charge is 0.493 e. The van der Waals surface area contributed by atoms with E-state index in [0.29, 0.717) is 22.8 Å². The zero-order valence-corrected chi connectivity index (χ0v) is 13.8. The maximum absolute atomic E-state index is 11.2. The Labute approximate surface area is 141 Å². The third kappa shape index (κ3) is 4.14. The minimum absolute atomic E-state index is 0.142. The van der Waals surface area contributed by atoms with Gasteiger partial charge in [-0.1, -0.05) is 12.1 Å². The second-order valence-corrected chi connectivity index (χ2v) is 5.05. The molecule has 2 aromatic rings. The Kier molecular flexibility index (Phi) is 5.58. The van der Waals surface area contributed by atoms with Gasteiger partial charge in [-0.3, -0.25) is 4.79 Å². The van der Waals surface area contributed by atoms with Gasteiger partial charge in [0.05, 0.1) is 25.9 Å². The van der Waals surface area contributed by atoms with Gasteiger partial charge in [0.1, 0.15) is 0 Å². The van der Waals surface area contributed by atoms with Crippen molar-refractivity contribution < 1.29 is 14.3 Å². The van der Waals surface area contributed by atoms with Crippen LogP contribution >= 0.6 is 0 Å². The van der Waals surface area contributed by atoms with Crippen LogP contribution in [-0.2, 0) is 4.79 Å². The van der Waals surface area contributed by atoms with E-state index in [2.05, 4.69) is 11.4 Å². The lowest BCUT2D eigenvalue weighted by molar-refractivity contribution is -0.114. The van der Waals surface area contributed by atoms with Gasteiger partial charge in [0, 0.05) is 12.6 Å². The monoisotopic (exact) mass is 322 g/mol. The fourth-order valence-electron chi connectivity index (χ4n) is 2.26. The highest BCUT2D eigenvalue weighted by molar-refractivity contribution is 5.92. The number of amides is 1. The minimum Gasteiger partial charge on any atom is -0.493 e. The van der Waals surface area contributed by atoms with Crippen LogP contribution < -0.4 is 14.8 Å². The molecular formula is C19H18N2O3. The Morgan fingerprint density at radius 3 is 2.50 bits per heavy atom. The van der Waals surface area contributed by atoms with E-state index in [4.69, 9.17) is 9.47 Å². The molecule has 0 aliphatic rings. The molecule has 0 aromatic heterocycles. The summed E-state index contributed by atoms with van der Waals surface area (Å²) in [6.07, 6.45) is 1.76. The molecule has 2 rings (SSSR count). The highest BCUT2D eigenvalue weighted by Crippen LogP contribution is 2.31. The smallest absolute Gasteiger partial charge is 0.221 e. The molecule has 0 unspecified atom stereocenters. The van der Waals surface area contributed by atoms with Crippen molar-refractivity contribution in [2.24, 2.45) is 0 Å². The number of carbonyl (C=O) groups is 1. The number of benzene rings is 2. The number of rotatable bonds is 5. The summed E-state index contributed by atoms with van der Waals surface area (Å²) in [5.41, 5.74) is 2.70. The number of allylic oxidation sites excluding steroid dienone is 1. The van der Waals surface area contributed by atoms with E-state index in [1.54, 1.807) is 50.6 Å². The van der Waals surface area contributed by atoms with Crippen molar-refractivity contribution in [2.45, 2.75) is 6.92 Å². The Hall–Kier alpha value is -3.26. The van der Waals surface area contributed by atoms with E-state index in [1.165, 1.54) is 6.92 Å². The van der Waals surface area contributed by atoms with Crippen LogP contribution in [0.1, 0.15) is 18.1 Å². The standard InChI is InChI=1S/C19H18N2O3/c1-13(22)21-17-6-4-5-14(10-17)9-16(12-20)15-7-8-18(23-2)19(11-15)24-3/h4-11H,1-3H3,(H,21,22)/b16-9+. The summed E-state index contributed by atoms with van der Waals surface area (Å²) < 4.78 is 10.5. The molecule has 0 bridgehead atoms. The van der Waals surface area contributed by atoms with E-state index in [-0.39, 0.29) is 5.91 Å². The highest BCUT2D eigenvalue weighted by atomic mass is 16.5. The van der Waals surface area contributed by atoms with Gasteiger partial charge in [0.2, 0.25) is 5.91 Å². The number of nitrogens with zero attached hydrogens (tertiary/aromatic N) is 1. The van der Waals surface area contributed by atoms with Crippen molar-refractivity contribution in [3.8, 4) is 17.6 Å². The number of methoxy groups -OCH3 is 2. The van der Waals surface area contributed by atoms with Gasteiger partial charge in [-0.05, 0) is 47.5 Å². The molecule has 0 spiro atoms. The average molecular weight is 322 g/mol. The zero-order chi connectivity index (χ0) is 17.5. The molecule has 0 saturated heterocycles. The molecule has 1 N–H and O–H groups in total. The normalized spacial score (nSPS) is 10.7. The van der Waals surface area contributed by atoms with Crippen LogP contribution in [-0.4, -0.2) is 20.1 Å². The Balaban J connectivity index is 2.40. The van der Waals surface area contributed by atoms with Crippen LogP contribution in [0.2, 0.25) is 0 Å². The zero-order valence-electron chi connectivity index (χ0n) is 13.8. The molecule has 0 heterocycles. The van der Waals surface area contributed by atoms with E-state index in [0.717, 1.165) is 11.1 Å². The average Bonchev–Trinajstić information content (AvgIpc) is 2.58. The van der Waals surface area contributed by atoms with Crippen molar-refractivity contribution in [1.29, 1.82) is 5.26 Å². The van der Waals surface area contributed by atoms with Crippen LogP contribution in [0.3, 0.4) is 0 Å². The lowest BCUT2D eigenvalue weighted by Gasteiger charge is -2.09. The number of hydrogen-bond acceptors (Lipinski definition) is 4. The third-order valence-corrected chi connectivity index (χ3v) is 3.33. The predicted molar refractivity (Wildman–Crippen MR) is 93.8 cm³/mol. The summed E-state index contributed by atoms with van der Waals surface area (Å²) in [4.78, 5) is 11.2. The Morgan fingerprint density at radius 1 is 1.12 bits per heavy atom. The fraction of sp³-hybridized carbons (Fsp3) is 0.158. The molecule has 5 heteroatoms. The van der Waals surface area contributed by atoms with E-state index in [1.807, 2.05) is 12.1 Å². The van der Waals surface area contributed by atoms with Gasteiger partial charge in [-0.25, -0.2) is 0 Å². The van der Waals surface area contributed by atoms with Gasteiger partial charge < -0.3 is 14.8 Å². The fourth-order valence-corrected chi connectivity index (χ4v) is 2.26. The van der Waals surface area contributed by atoms with Gasteiger partial charge in [-0.2, -0.15) is 5.26 Å². The molecule has 5 nitrogen and oxygen atoms in total. The second kappa shape index (κ2) is 7.84. The van der Waals surface area contributed by atoms with Crippen molar-refractivity contribution in [3.63, 3.8) is 0 Å². The van der Waals surface area contributed by atoms with Crippen LogP contribution in [0.5, 0.6) is 11.5 Å². The molecular weight excluding hydrogens is 304 g/mol. The molecule has 2 aromatic carbocycles. The molecule has 0 radical (unpaired) electrons. The molecule has 0 saturated carbocycles. The van der Waals surface area contributed by atoms with Crippen LogP contribution in [0.4, 0.5) is 5.69 Å². The first-order valence-electron chi connectivity index (χ1n) is 7.29. The molecule has 0 atom stereocenters. The van der Waals surface area contributed by atoms with Gasteiger partial charge >= 0.3 is 0 Å².